The van der Waals surface area contributed by atoms with Gasteiger partial charge in [0.2, 0.25) is 11.4 Å². The van der Waals surface area contributed by atoms with Gasteiger partial charge in [-0.25, -0.2) is 4.98 Å². The molecule has 18 heteroatoms. The number of morpholine rings is 1. The van der Waals surface area contributed by atoms with E-state index in [2.05, 4.69) is 115 Å². The van der Waals surface area contributed by atoms with Gasteiger partial charge in [-0.3, -0.25) is 4.79 Å². The van der Waals surface area contributed by atoms with Crippen LogP contribution in [0.1, 0.15) is 76.0 Å². The van der Waals surface area contributed by atoms with Gasteiger partial charge in [0.15, 0.2) is 0 Å². The largest absolute Gasteiger partial charge is 0.489 e. The molecule has 0 saturated carbocycles. The standard InChI is InChI=1S/C30H29N3O3.C29H29N3O3.C25H21N3O3/c31-19-23-17-22(8-11-30(23)36-25-3-2-14-35-20-25)26-4-1-5-28-27(26)18-29(32-28)21-6-9-24(10-7-21)33-12-15-34-16-13-33;1-29(2,3)35-28-16-20(9-12-31-28)26-17-24-23(5-4-6-25(24)32-26)19-7-8-27(21(15-19)18-30)34-22-10-13-33-14-11-22;26-15-18-12-16(4-5-24(18)31-19-7-10-30-11-8-19)20-2-1-3-22-21(20)14-23(28-22)17-6-9-27-25(29)13-17/h1,4-11,17-18,25,32H,2-3,12-16,20H2;4-9,12,15-17,22,32H,10-11,13-14H2,1-3H3;1-6,9,12-14,19,28H,7-8,10-11H2,(H,27,29). The maximum atomic E-state index is 11.7. The Labute approximate surface area is 591 Å². The van der Waals surface area contributed by atoms with E-state index in [1.54, 1.807) is 18.5 Å². The third-order valence-corrected chi connectivity index (χ3v) is 18.7. The molecule has 1 unspecified atom stereocenters. The van der Waals surface area contributed by atoms with Crippen molar-refractivity contribution in [1.82, 2.24) is 24.9 Å². The Morgan fingerprint density at radius 1 is 0.461 bits per heavy atom. The summed E-state index contributed by atoms with van der Waals surface area (Å²) in [4.78, 5) is 31.5. The Hall–Kier alpha value is -11.4. The van der Waals surface area contributed by atoms with E-state index in [0.29, 0.717) is 72.9 Å². The third kappa shape index (κ3) is 15.9. The number of rotatable bonds is 14. The summed E-state index contributed by atoms with van der Waals surface area (Å²) in [6.07, 6.45) is 8.86. The lowest BCUT2D eigenvalue weighted by Crippen LogP contribution is -2.36. The smallest absolute Gasteiger partial charge is 0.248 e. The Kier molecular flexibility index (Phi) is 20.6. The fraction of sp³-hybridized carbons (Fsp3) is 0.274. The summed E-state index contributed by atoms with van der Waals surface area (Å²) < 4.78 is 46.1. The molecule has 4 aliphatic rings. The molecular weight excluding hydrogens is 1280 g/mol. The molecule has 18 nitrogen and oxygen atoms in total. The van der Waals surface area contributed by atoms with Crippen LogP contribution in [0.4, 0.5) is 5.69 Å². The molecule has 0 spiro atoms. The van der Waals surface area contributed by atoms with E-state index < -0.39 is 0 Å². The molecule has 4 saturated heterocycles. The van der Waals surface area contributed by atoms with Crippen molar-refractivity contribution in [3.8, 4) is 108 Å². The Balaban J connectivity index is 0.000000130. The Morgan fingerprint density at radius 2 is 0.912 bits per heavy atom. The summed E-state index contributed by atoms with van der Waals surface area (Å²) in [6, 6.07) is 65.3. The van der Waals surface area contributed by atoms with Crippen LogP contribution >= 0.6 is 0 Å². The average molecular weight is 1360 g/mol. The number of H-pyrrole nitrogens is 4. The minimum Gasteiger partial charge on any atom is -0.489 e. The van der Waals surface area contributed by atoms with Gasteiger partial charge in [0.05, 0.1) is 62.9 Å². The van der Waals surface area contributed by atoms with Crippen LogP contribution in [0.25, 0.3) is 99.9 Å². The number of aromatic amines is 4. The van der Waals surface area contributed by atoms with Crippen LogP contribution < -0.4 is 29.4 Å². The van der Waals surface area contributed by atoms with Gasteiger partial charge in [-0.1, -0.05) is 66.7 Å². The molecule has 5 aromatic heterocycles. The molecular formula is C84H79N9O9. The first-order chi connectivity index (χ1) is 49.9. The molecule has 0 aliphatic carbocycles. The minimum atomic E-state index is -0.321. The Morgan fingerprint density at radius 3 is 1.36 bits per heavy atom. The number of nitrogens with one attached hydrogen (secondary N) is 4. The van der Waals surface area contributed by atoms with Crippen LogP contribution in [0.5, 0.6) is 23.1 Å². The number of nitrogens with zero attached hydrogens (tertiary/aromatic N) is 5. The average Bonchev–Trinajstić information content (AvgIpc) is 1.64. The number of benzene rings is 7. The third-order valence-electron chi connectivity index (χ3n) is 18.7. The van der Waals surface area contributed by atoms with E-state index in [1.807, 2.05) is 124 Å². The molecule has 16 rings (SSSR count). The molecule has 9 heterocycles. The fourth-order valence-corrected chi connectivity index (χ4v) is 13.5. The zero-order chi connectivity index (χ0) is 69.9. The number of ether oxygens (including phenoxy) is 8. The van der Waals surface area contributed by atoms with Crippen LogP contribution in [0, 0.1) is 34.0 Å². The zero-order valence-electron chi connectivity index (χ0n) is 57.4. The molecule has 4 fully saturated rings. The topological polar surface area (TPSA) is 242 Å². The SMILES string of the molecule is CC(C)(C)Oc1cc(-c2cc3c(-c4ccc(OC5CCOCC5)c(C#N)c4)cccc3[nH]2)ccn1.N#Cc1cc(-c2cccc3[nH]c(-c4cc[nH]c(=O)c4)cc23)ccc1OC1CCOCC1.N#Cc1cc(-c2cccc3[nH]c(-c4ccc(N5CCOCC5)cc4)cc23)ccc1OC1CCCOC1. The van der Waals surface area contributed by atoms with Crippen LogP contribution in [0.3, 0.4) is 0 Å². The van der Waals surface area contributed by atoms with Crippen molar-refractivity contribution in [2.45, 2.75) is 83.2 Å². The minimum absolute atomic E-state index is 0.00185. The predicted octanol–water partition coefficient (Wildman–Crippen LogP) is 16.9. The summed E-state index contributed by atoms with van der Waals surface area (Å²) in [5.74, 6) is 2.46. The zero-order valence-corrected chi connectivity index (χ0v) is 57.4. The van der Waals surface area contributed by atoms with Crippen molar-refractivity contribution in [1.29, 1.82) is 15.8 Å². The summed E-state index contributed by atoms with van der Waals surface area (Å²) in [7, 11) is 0. The van der Waals surface area contributed by atoms with Gasteiger partial charge >= 0.3 is 0 Å². The van der Waals surface area contributed by atoms with Gasteiger partial charge in [0.25, 0.3) is 0 Å². The second-order valence-electron chi connectivity index (χ2n) is 26.8. The van der Waals surface area contributed by atoms with Crippen molar-refractivity contribution in [3.05, 3.63) is 215 Å². The lowest BCUT2D eigenvalue weighted by molar-refractivity contribution is 0.00732. The summed E-state index contributed by atoms with van der Waals surface area (Å²) in [6.45, 7) is 13.6. The van der Waals surface area contributed by atoms with Crippen LogP contribution in [0.15, 0.2) is 193 Å². The van der Waals surface area contributed by atoms with E-state index in [1.165, 1.54) is 5.69 Å². The first-order valence-corrected chi connectivity index (χ1v) is 34.9. The second-order valence-corrected chi connectivity index (χ2v) is 26.8. The first kappa shape index (κ1) is 67.7. The van der Waals surface area contributed by atoms with Crippen LogP contribution in [-0.4, -0.2) is 115 Å². The number of nitriles is 3. The van der Waals surface area contributed by atoms with Gasteiger partial charge in [0.1, 0.15) is 59.4 Å². The number of hydrogen-bond acceptors (Lipinski definition) is 14. The lowest BCUT2D eigenvalue weighted by Gasteiger charge is -2.28. The highest BCUT2D eigenvalue weighted by atomic mass is 16.5. The van der Waals surface area contributed by atoms with Gasteiger partial charge in [-0.05, 0) is 170 Å². The fourth-order valence-electron chi connectivity index (χ4n) is 13.5. The van der Waals surface area contributed by atoms with Gasteiger partial charge in [-0.2, -0.15) is 15.8 Å². The second kappa shape index (κ2) is 31.0. The van der Waals surface area contributed by atoms with Crippen LogP contribution in [0.2, 0.25) is 0 Å². The van der Waals surface area contributed by atoms with Crippen LogP contribution in [-0.2, 0) is 18.9 Å². The first-order valence-electron chi connectivity index (χ1n) is 34.9. The van der Waals surface area contributed by atoms with E-state index in [9.17, 15) is 20.6 Å². The van der Waals surface area contributed by atoms with E-state index in [0.717, 1.165) is 171 Å². The summed E-state index contributed by atoms with van der Waals surface area (Å²) in [5, 5.41) is 32.6. The van der Waals surface area contributed by atoms with Crippen molar-refractivity contribution < 1.29 is 37.9 Å². The van der Waals surface area contributed by atoms with Crippen molar-refractivity contribution in [2.24, 2.45) is 0 Å². The molecule has 4 aliphatic heterocycles. The number of aromatic nitrogens is 5. The maximum Gasteiger partial charge on any atom is 0.248 e. The van der Waals surface area contributed by atoms with Crippen molar-refractivity contribution >= 4 is 38.4 Å². The summed E-state index contributed by atoms with van der Waals surface area (Å²) >= 11 is 0. The molecule has 7 aromatic carbocycles. The van der Waals surface area contributed by atoms with Gasteiger partial charge in [0, 0.05) is 137 Å². The maximum absolute atomic E-state index is 11.7. The highest BCUT2D eigenvalue weighted by Gasteiger charge is 2.23. The lowest BCUT2D eigenvalue weighted by atomic mass is 9.99. The highest BCUT2D eigenvalue weighted by Crippen LogP contribution is 2.40. The molecule has 102 heavy (non-hydrogen) atoms. The normalized spacial score (nSPS) is 15.8. The molecule has 514 valence electrons. The van der Waals surface area contributed by atoms with Crippen molar-refractivity contribution in [3.63, 3.8) is 0 Å². The number of hydrogen-bond donors (Lipinski definition) is 4. The Bertz CT molecular complexity index is 5140. The highest BCUT2D eigenvalue weighted by molar-refractivity contribution is 6.01. The molecule has 0 bridgehead atoms. The van der Waals surface area contributed by atoms with E-state index >= 15 is 0 Å². The number of pyridine rings is 2. The molecule has 12 aromatic rings. The van der Waals surface area contributed by atoms with Crippen molar-refractivity contribution in [2.75, 3.05) is 70.8 Å². The monoisotopic (exact) mass is 1360 g/mol. The van der Waals surface area contributed by atoms with Gasteiger partial charge < -0.3 is 62.7 Å². The quantitative estimate of drug-likeness (QED) is 0.0792. The number of fused-ring (bicyclic) bond motifs is 3. The number of anilines is 1. The molecule has 0 radical (unpaired) electrons. The molecule has 1 atom stereocenters. The van der Waals surface area contributed by atoms with E-state index in [4.69, 9.17) is 37.9 Å². The van der Waals surface area contributed by atoms with E-state index in [-0.39, 0.29) is 29.5 Å². The summed E-state index contributed by atoms with van der Waals surface area (Å²) in [5.41, 5.74) is 17.4. The predicted molar refractivity (Wildman–Crippen MR) is 397 cm³/mol. The van der Waals surface area contributed by atoms with Gasteiger partial charge in [-0.15, -0.1) is 0 Å². The molecule has 4 N–H and O–H groups in total. The molecule has 0 amide bonds.